The molecule has 0 saturated heterocycles. The number of aromatic nitrogens is 3. The van der Waals surface area contributed by atoms with Crippen LogP contribution in [0.15, 0.2) is 53.6 Å². The zero-order valence-electron chi connectivity index (χ0n) is 22.9. The quantitative estimate of drug-likeness (QED) is 0.334. The van der Waals surface area contributed by atoms with Gasteiger partial charge in [0, 0.05) is 35.2 Å². The summed E-state index contributed by atoms with van der Waals surface area (Å²) >= 11 is 0. The minimum Gasteiger partial charge on any atom is -0.489 e. The minimum atomic E-state index is -4.53. The maximum Gasteiger partial charge on any atom is 0.251 e. The van der Waals surface area contributed by atoms with Gasteiger partial charge in [0.25, 0.3) is 5.91 Å². The Morgan fingerprint density at radius 3 is 2.79 bits per heavy atom. The Bertz CT molecular complexity index is 1840. The van der Waals surface area contributed by atoms with Gasteiger partial charge in [-0.05, 0) is 42.5 Å². The Kier molecular flexibility index (Phi) is 7.54. The molecule has 2 aliphatic heterocycles. The third-order valence-electron chi connectivity index (χ3n) is 7.25. The lowest BCUT2D eigenvalue weighted by atomic mass is 10.1. The summed E-state index contributed by atoms with van der Waals surface area (Å²) in [6.07, 6.45) is 1.14. The van der Waals surface area contributed by atoms with E-state index in [0.717, 1.165) is 17.5 Å². The first kappa shape index (κ1) is 28.6. The first-order valence-corrected chi connectivity index (χ1v) is 15.1. The van der Waals surface area contributed by atoms with Crippen LogP contribution in [-0.2, 0) is 16.4 Å². The SMILES string of the molecule is C[C@@H](CF)c1ccc2c(n1)N(c1ccc3cnc(CNC(=O)c4cc(F)c5c(c4)S(=O)(=O)[C@@H](F)CCO5)cc3n1)CCO2. The Morgan fingerprint density at radius 1 is 1.14 bits per heavy atom. The summed E-state index contributed by atoms with van der Waals surface area (Å²) in [4.78, 5) is 27.8. The number of amides is 1. The Hall–Kier alpha value is -4.46. The first-order chi connectivity index (χ1) is 20.7. The molecule has 224 valence electrons. The number of carbonyl (C=O) groups is 1. The van der Waals surface area contributed by atoms with E-state index in [-0.39, 0.29) is 24.6 Å². The number of ether oxygens (including phenoxy) is 2. The molecular weight excluding hydrogens is 587 g/mol. The molecular formula is C29H26F3N5O5S. The van der Waals surface area contributed by atoms with E-state index in [0.29, 0.717) is 47.4 Å². The van der Waals surface area contributed by atoms with Crippen molar-refractivity contribution in [1.82, 2.24) is 20.3 Å². The molecule has 2 atom stereocenters. The lowest BCUT2D eigenvalue weighted by Crippen LogP contribution is -2.30. The van der Waals surface area contributed by atoms with Gasteiger partial charge < -0.3 is 19.7 Å². The van der Waals surface area contributed by atoms with E-state index in [9.17, 15) is 26.4 Å². The number of pyridine rings is 3. The third kappa shape index (κ3) is 5.42. The van der Waals surface area contributed by atoms with Crippen molar-refractivity contribution in [1.29, 1.82) is 0 Å². The van der Waals surface area contributed by atoms with Crippen molar-refractivity contribution in [3.63, 3.8) is 0 Å². The van der Waals surface area contributed by atoms with Gasteiger partial charge in [-0.25, -0.2) is 27.2 Å². The molecule has 0 saturated carbocycles. The largest absolute Gasteiger partial charge is 0.489 e. The Balaban J connectivity index is 1.24. The van der Waals surface area contributed by atoms with Crippen LogP contribution >= 0.6 is 0 Å². The summed E-state index contributed by atoms with van der Waals surface area (Å²) < 4.78 is 78.1. The molecule has 1 N–H and O–H groups in total. The monoisotopic (exact) mass is 613 g/mol. The molecule has 43 heavy (non-hydrogen) atoms. The van der Waals surface area contributed by atoms with Gasteiger partial charge >= 0.3 is 0 Å². The molecule has 6 rings (SSSR count). The molecule has 2 aliphatic rings. The lowest BCUT2D eigenvalue weighted by molar-refractivity contribution is 0.0949. The van der Waals surface area contributed by atoms with Crippen LogP contribution < -0.4 is 19.7 Å². The maximum absolute atomic E-state index is 14.7. The van der Waals surface area contributed by atoms with E-state index in [1.807, 2.05) is 17.0 Å². The van der Waals surface area contributed by atoms with Gasteiger partial charge in [0.15, 0.2) is 23.1 Å². The van der Waals surface area contributed by atoms with Gasteiger partial charge in [0.05, 0.1) is 37.6 Å². The van der Waals surface area contributed by atoms with Crippen LogP contribution in [0, 0.1) is 5.82 Å². The molecule has 0 radical (unpaired) electrons. The predicted octanol–water partition coefficient (Wildman–Crippen LogP) is 4.55. The summed E-state index contributed by atoms with van der Waals surface area (Å²) in [5.41, 5.74) is -0.970. The van der Waals surface area contributed by atoms with Crippen molar-refractivity contribution < 1.29 is 35.9 Å². The number of hydrogen-bond acceptors (Lipinski definition) is 9. The second-order valence-electron chi connectivity index (χ2n) is 10.2. The normalized spacial score (nSPS) is 18.0. The fraction of sp³-hybridized carbons (Fsp3) is 0.310. The number of carbonyl (C=O) groups excluding carboxylic acids is 1. The fourth-order valence-electron chi connectivity index (χ4n) is 4.85. The van der Waals surface area contributed by atoms with Crippen LogP contribution in [0.3, 0.4) is 0 Å². The molecule has 0 unspecified atom stereocenters. The first-order valence-electron chi connectivity index (χ1n) is 13.5. The zero-order valence-corrected chi connectivity index (χ0v) is 23.7. The van der Waals surface area contributed by atoms with Gasteiger partial charge in [-0.3, -0.25) is 14.2 Å². The van der Waals surface area contributed by atoms with Gasteiger partial charge in [0.1, 0.15) is 17.3 Å². The number of alkyl halides is 2. The van der Waals surface area contributed by atoms with Gasteiger partial charge in [0.2, 0.25) is 15.3 Å². The predicted molar refractivity (Wildman–Crippen MR) is 150 cm³/mol. The van der Waals surface area contributed by atoms with Crippen molar-refractivity contribution >= 4 is 38.3 Å². The van der Waals surface area contributed by atoms with E-state index in [2.05, 4.69) is 15.3 Å². The molecule has 14 heteroatoms. The summed E-state index contributed by atoms with van der Waals surface area (Å²) in [5.74, 6) is -1.13. The standard InChI is InChI=1S/C29H26F3N5O5S/c1-16(13-30)21-3-4-23-28(36-21)37(7-9-41-23)26-5-2-17-14-33-19(12-22(17)35-26)15-34-29(38)18-10-20(31)27-24(11-18)43(39,40)25(32)6-8-42-27/h2-5,10-12,14,16,25H,6-9,13,15H2,1H3,(H,34,38)/t16-,25+/m0/s1. The van der Waals surface area contributed by atoms with Crippen LogP contribution in [0.4, 0.5) is 24.8 Å². The van der Waals surface area contributed by atoms with Crippen LogP contribution in [0.1, 0.15) is 41.0 Å². The van der Waals surface area contributed by atoms with E-state index in [1.54, 1.807) is 31.3 Å². The van der Waals surface area contributed by atoms with Crippen molar-refractivity contribution in [2.75, 3.05) is 31.3 Å². The van der Waals surface area contributed by atoms with E-state index < -0.39 is 50.8 Å². The van der Waals surface area contributed by atoms with Crippen molar-refractivity contribution in [3.8, 4) is 11.5 Å². The second kappa shape index (κ2) is 11.3. The number of halogens is 3. The number of nitrogens with one attached hydrogen (secondary N) is 1. The second-order valence-corrected chi connectivity index (χ2v) is 12.3. The molecule has 0 aliphatic carbocycles. The topological polar surface area (TPSA) is 124 Å². The fourth-order valence-corrected chi connectivity index (χ4v) is 6.24. The molecule has 10 nitrogen and oxygen atoms in total. The number of benzene rings is 1. The molecule has 5 heterocycles. The maximum atomic E-state index is 14.7. The zero-order chi connectivity index (χ0) is 30.3. The summed E-state index contributed by atoms with van der Waals surface area (Å²) in [6, 6.07) is 10.6. The molecule has 1 amide bonds. The number of rotatable bonds is 6. The minimum absolute atomic E-state index is 0.0825. The van der Waals surface area contributed by atoms with Gasteiger partial charge in [-0.2, -0.15) is 0 Å². The van der Waals surface area contributed by atoms with Crippen molar-refractivity contribution in [3.05, 3.63) is 71.4 Å². The summed E-state index contributed by atoms with van der Waals surface area (Å²) in [7, 11) is -4.53. The number of hydrogen-bond donors (Lipinski definition) is 1. The summed E-state index contributed by atoms with van der Waals surface area (Å²) in [5, 5.41) is 3.32. The van der Waals surface area contributed by atoms with Crippen LogP contribution in [0.2, 0.25) is 0 Å². The molecule has 0 fully saturated rings. The molecule has 1 aromatic carbocycles. The molecule has 0 spiro atoms. The number of sulfone groups is 1. The average molecular weight is 614 g/mol. The lowest BCUT2D eigenvalue weighted by Gasteiger charge is -2.30. The highest BCUT2D eigenvalue weighted by atomic mass is 32.2. The molecule has 4 aromatic rings. The number of anilines is 2. The molecule has 0 bridgehead atoms. The number of fused-ring (bicyclic) bond motifs is 3. The number of nitrogens with zero attached hydrogens (tertiary/aromatic N) is 4. The third-order valence-corrected chi connectivity index (χ3v) is 9.08. The van der Waals surface area contributed by atoms with Crippen molar-refractivity contribution in [2.24, 2.45) is 0 Å². The van der Waals surface area contributed by atoms with E-state index in [1.165, 1.54) is 0 Å². The smallest absolute Gasteiger partial charge is 0.251 e. The van der Waals surface area contributed by atoms with E-state index >= 15 is 0 Å². The summed E-state index contributed by atoms with van der Waals surface area (Å²) in [6.45, 7) is 1.70. The Morgan fingerprint density at radius 2 is 1.98 bits per heavy atom. The van der Waals surface area contributed by atoms with Crippen LogP contribution in [0.5, 0.6) is 11.5 Å². The average Bonchev–Trinajstić information content (AvgIpc) is 3.13. The van der Waals surface area contributed by atoms with Gasteiger partial charge in [-0.15, -0.1) is 0 Å². The highest BCUT2D eigenvalue weighted by Gasteiger charge is 2.35. The Labute approximate surface area is 244 Å². The van der Waals surface area contributed by atoms with Crippen LogP contribution in [0.25, 0.3) is 10.9 Å². The van der Waals surface area contributed by atoms with Crippen molar-refractivity contribution in [2.45, 2.75) is 36.2 Å². The van der Waals surface area contributed by atoms with Crippen LogP contribution in [-0.4, -0.2) is 61.2 Å². The molecule has 3 aromatic heterocycles. The van der Waals surface area contributed by atoms with E-state index in [4.69, 9.17) is 14.5 Å². The highest BCUT2D eigenvalue weighted by Crippen LogP contribution is 2.37. The van der Waals surface area contributed by atoms with Gasteiger partial charge in [-0.1, -0.05) is 6.92 Å². The highest BCUT2D eigenvalue weighted by molar-refractivity contribution is 7.92.